The van der Waals surface area contributed by atoms with Crippen LogP contribution in [0.25, 0.3) is 10.2 Å². The fourth-order valence-corrected chi connectivity index (χ4v) is 4.85. The second-order valence-electron chi connectivity index (χ2n) is 6.62. The highest BCUT2D eigenvalue weighted by Gasteiger charge is 2.43. The normalized spacial score (nSPS) is 26.7. The summed E-state index contributed by atoms with van der Waals surface area (Å²) in [6, 6.07) is 1.84. The van der Waals surface area contributed by atoms with Gasteiger partial charge in [0.15, 0.2) is 0 Å². The molecule has 2 aromatic rings. The van der Waals surface area contributed by atoms with Gasteiger partial charge in [-0.05, 0) is 42.5 Å². The van der Waals surface area contributed by atoms with Crippen molar-refractivity contribution in [2.75, 3.05) is 7.05 Å². The van der Waals surface area contributed by atoms with Gasteiger partial charge in [0.1, 0.15) is 10.5 Å². The lowest BCUT2D eigenvalue weighted by Crippen LogP contribution is -2.35. The molecule has 2 aromatic heterocycles. The van der Waals surface area contributed by atoms with Gasteiger partial charge in [0, 0.05) is 13.0 Å². The molecule has 22 heavy (non-hydrogen) atoms. The Morgan fingerprint density at radius 1 is 1.45 bits per heavy atom. The Morgan fingerprint density at radius 3 is 3.05 bits per heavy atom. The molecule has 0 saturated heterocycles. The Kier molecular flexibility index (Phi) is 3.29. The SMILES string of the molecule is CN(Cc1nc2ccsc2c(=O)[nH]1)C(=O)C1CC2CCC1C2. The number of aromatic amines is 1. The van der Waals surface area contributed by atoms with E-state index >= 15 is 0 Å². The lowest BCUT2D eigenvalue weighted by atomic mass is 9.88. The summed E-state index contributed by atoms with van der Waals surface area (Å²) in [7, 11) is 1.81. The summed E-state index contributed by atoms with van der Waals surface area (Å²) in [5, 5.41) is 1.86. The smallest absolute Gasteiger partial charge is 0.268 e. The van der Waals surface area contributed by atoms with Crippen LogP contribution in [0.15, 0.2) is 16.2 Å². The van der Waals surface area contributed by atoms with Crippen molar-refractivity contribution in [2.45, 2.75) is 32.2 Å². The molecule has 6 heteroatoms. The minimum atomic E-state index is -0.115. The molecule has 0 radical (unpaired) electrons. The van der Waals surface area contributed by atoms with Crippen LogP contribution >= 0.6 is 11.3 Å². The number of hydrogen-bond acceptors (Lipinski definition) is 4. The van der Waals surface area contributed by atoms with Gasteiger partial charge in [-0.2, -0.15) is 0 Å². The molecule has 0 aromatic carbocycles. The Balaban J connectivity index is 1.51. The van der Waals surface area contributed by atoms with E-state index in [4.69, 9.17) is 0 Å². The molecule has 1 N–H and O–H groups in total. The van der Waals surface area contributed by atoms with Gasteiger partial charge in [0.25, 0.3) is 5.56 Å². The number of fused-ring (bicyclic) bond motifs is 3. The van der Waals surface area contributed by atoms with Crippen molar-refractivity contribution in [1.82, 2.24) is 14.9 Å². The third-order valence-electron chi connectivity index (χ3n) is 5.18. The first-order chi connectivity index (χ1) is 10.6. The molecule has 2 saturated carbocycles. The van der Waals surface area contributed by atoms with E-state index in [2.05, 4.69) is 9.97 Å². The highest BCUT2D eigenvalue weighted by Crippen LogP contribution is 2.48. The molecular formula is C16H19N3O2S. The van der Waals surface area contributed by atoms with E-state index in [1.54, 1.807) is 4.90 Å². The van der Waals surface area contributed by atoms with Gasteiger partial charge in [0.2, 0.25) is 5.91 Å². The molecule has 116 valence electrons. The number of carbonyl (C=O) groups is 1. The highest BCUT2D eigenvalue weighted by molar-refractivity contribution is 7.17. The molecule has 5 nitrogen and oxygen atoms in total. The van der Waals surface area contributed by atoms with E-state index in [1.807, 2.05) is 18.5 Å². The number of nitrogens with one attached hydrogen (secondary N) is 1. The van der Waals surface area contributed by atoms with Crippen molar-refractivity contribution in [3.63, 3.8) is 0 Å². The summed E-state index contributed by atoms with van der Waals surface area (Å²) in [5.41, 5.74) is 0.597. The Bertz CT molecular complexity index is 781. The standard InChI is InChI=1S/C16H19N3O2S/c1-19(16(21)11-7-9-2-3-10(11)6-9)8-13-17-12-4-5-22-14(12)15(20)18-13/h4-5,9-11H,2-3,6-8H2,1H3,(H,17,18,20). The van der Waals surface area contributed by atoms with E-state index in [0.717, 1.165) is 12.3 Å². The molecular weight excluding hydrogens is 298 g/mol. The van der Waals surface area contributed by atoms with Gasteiger partial charge in [-0.3, -0.25) is 9.59 Å². The molecule has 2 bridgehead atoms. The van der Waals surface area contributed by atoms with Crippen molar-refractivity contribution in [1.29, 1.82) is 0 Å². The first-order valence-corrected chi connectivity index (χ1v) is 8.71. The summed E-state index contributed by atoms with van der Waals surface area (Å²) in [6.45, 7) is 0.369. The predicted octanol–water partition coefficient (Wildman–Crippen LogP) is 2.38. The summed E-state index contributed by atoms with van der Waals surface area (Å²) in [4.78, 5) is 33.6. The van der Waals surface area contributed by atoms with Crippen LogP contribution in [0.3, 0.4) is 0 Å². The fourth-order valence-electron chi connectivity index (χ4n) is 4.13. The second-order valence-corrected chi connectivity index (χ2v) is 7.54. The van der Waals surface area contributed by atoms with E-state index in [-0.39, 0.29) is 17.4 Å². The molecule has 0 spiro atoms. The van der Waals surface area contributed by atoms with Crippen LogP contribution in [-0.4, -0.2) is 27.8 Å². The van der Waals surface area contributed by atoms with Crippen LogP contribution in [0, 0.1) is 17.8 Å². The summed E-state index contributed by atoms with van der Waals surface area (Å²) in [6.07, 6.45) is 4.76. The van der Waals surface area contributed by atoms with Crippen LogP contribution in [0.2, 0.25) is 0 Å². The van der Waals surface area contributed by atoms with Crippen LogP contribution in [-0.2, 0) is 11.3 Å². The van der Waals surface area contributed by atoms with Crippen LogP contribution in [0.5, 0.6) is 0 Å². The Morgan fingerprint density at radius 2 is 2.32 bits per heavy atom. The van der Waals surface area contributed by atoms with Gasteiger partial charge >= 0.3 is 0 Å². The van der Waals surface area contributed by atoms with E-state index in [0.29, 0.717) is 28.5 Å². The summed E-state index contributed by atoms with van der Waals surface area (Å²) < 4.78 is 0.644. The zero-order chi connectivity index (χ0) is 15.3. The maximum Gasteiger partial charge on any atom is 0.268 e. The maximum atomic E-state index is 12.6. The molecule has 3 unspecified atom stereocenters. The van der Waals surface area contributed by atoms with Gasteiger partial charge in [0.05, 0.1) is 12.1 Å². The molecule has 3 atom stereocenters. The van der Waals surface area contributed by atoms with Crippen LogP contribution < -0.4 is 5.56 Å². The first kappa shape index (κ1) is 13.9. The predicted molar refractivity (Wildman–Crippen MR) is 85.7 cm³/mol. The number of thiophene rings is 1. The number of aromatic nitrogens is 2. The monoisotopic (exact) mass is 317 g/mol. The molecule has 2 aliphatic rings. The number of amides is 1. The Labute approximate surface area is 132 Å². The summed E-state index contributed by atoms with van der Waals surface area (Å²) >= 11 is 1.39. The van der Waals surface area contributed by atoms with Gasteiger partial charge in [-0.1, -0.05) is 6.42 Å². The number of rotatable bonds is 3. The third kappa shape index (κ3) is 2.26. The zero-order valence-corrected chi connectivity index (χ0v) is 13.4. The average molecular weight is 317 g/mol. The number of H-pyrrole nitrogens is 1. The molecule has 2 aliphatic carbocycles. The summed E-state index contributed by atoms with van der Waals surface area (Å²) in [5.74, 6) is 2.29. The molecule has 2 heterocycles. The van der Waals surface area contributed by atoms with Crippen molar-refractivity contribution >= 4 is 27.5 Å². The van der Waals surface area contributed by atoms with Gasteiger partial charge < -0.3 is 9.88 Å². The molecule has 0 aliphatic heterocycles. The number of carbonyl (C=O) groups excluding carboxylic acids is 1. The third-order valence-corrected chi connectivity index (χ3v) is 6.08. The zero-order valence-electron chi connectivity index (χ0n) is 12.5. The van der Waals surface area contributed by atoms with Crippen molar-refractivity contribution in [2.24, 2.45) is 17.8 Å². The average Bonchev–Trinajstić information content (AvgIpc) is 3.21. The topological polar surface area (TPSA) is 66.1 Å². The minimum Gasteiger partial charge on any atom is -0.338 e. The second kappa shape index (κ2) is 5.19. The first-order valence-electron chi connectivity index (χ1n) is 7.83. The largest absolute Gasteiger partial charge is 0.338 e. The van der Waals surface area contributed by atoms with Gasteiger partial charge in [-0.15, -0.1) is 11.3 Å². The molecule has 1 amide bonds. The highest BCUT2D eigenvalue weighted by atomic mass is 32.1. The van der Waals surface area contributed by atoms with Crippen molar-refractivity contribution in [3.05, 3.63) is 27.6 Å². The minimum absolute atomic E-state index is 0.115. The van der Waals surface area contributed by atoms with E-state index in [1.165, 1.54) is 30.6 Å². The quantitative estimate of drug-likeness (QED) is 0.945. The number of hydrogen-bond donors (Lipinski definition) is 1. The lowest BCUT2D eigenvalue weighted by molar-refractivity contribution is -0.136. The van der Waals surface area contributed by atoms with Crippen LogP contribution in [0.1, 0.15) is 31.5 Å². The number of nitrogens with zero attached hydrogens (tertiary/aromatic N) is 2. The molecule has 2 fully saturated rings. The Hall–Kier alpha value is -1.69. The molecule has 4 rings (SSSR count). The van der Waals surface area contributed by atoms with Crippen LogP contribution in [0.4, 0.5) is 0 Å². The van der Waals surface area contributed by atoms with Crippen molar-refractivity contribution < 1.29 is 4.79 Å². The lowest BCUT2D eigenvalue weighted by Gasteiger charge is -2.26. The fraction of sp³-hybridized carbons (Fsp3) is 0.562. The van der Waals surface area contributed by atoms with E-state index < -0.39 is 0 Å². The van der Waals surface area contributed by atoms with Crippen molar-refractivity contribution in [3.8, 4) is 0 Å². The van der Waals surface area contributed by atoms with E-state index in [9.17, 15) is 9.59 Å². The van der Waals surface area contributed by atoms with Gasteiger partial charge in [-0.25, -0.2) is 4.98 Å². The maximum absolute atomic E-state index is 12.6.